The van der Waals surface area contributed by atoms with Gasteiger partial charge in [-0.25, -0.2) is 6.54 Å². The Morgan fingerprint density at radius 2 is 1.79 bits per heavy atom. The summed E-state index contributed by atoms with van der Waals surface area (Å²) < 4.78 is 0. The third-order valence-electron chi connectivity index (χ3n) is 1.45. The summed E-state index contributed by atoms with van der Waals surface area (Å²) in [5.74, 6) is -0.0345. The molecule has 0 atom stereocenters. The van der Waals surface area contributed by atoms with Gasteiger partial charge in [0, 0.05) is 41.5 Å². The molecule has 0 aliphatic rings. The molecule has 0 bridgehead atoms. The van der Waals surface area contributed by atoms with Crippen LogP contribution in [0.5, 0.6) is 0 Å². The van der Waals surface area contributed by atoms with Crippen molar-refractivity contribution in [1.29, 1.82) is 0 Å². The Morgan fingerprint density at radius 3 is 2.29 bits per heavy atom. The second-order valence-corrected chi connectivity index (χ2v) is 2.88. The molecule has 0 aromatic carbocycles. The summed E-state index contributed by atoms with van der Waals surface area (Å²) in [6, 6.07) is 0. The van der Waals surface area contributed by atoms with Crippen molar-refractivity contribution in [3.8, 4) is 0 Å². The number of unbranched alkanes of at least 4 members (excludes halogenated alkanes) is 2. The van der Waals surface area contributed by atoms with E-state index in [9.17, 15) is 9.59 Å². The van der Waals surface area contributed by atoms with Crippen molar-refractivity contribution in [3.63, 3.8) is 0 Å². The van der Waals surface area contributed by atoms with Crippen LogP contribution in [0.3, 0.4) is 0 Å². The van der Waals surface area contributed by atoms with Gasteiger partial charge in [-0.2, -0.15) is 6.42 Å². The number of rotatable bonds is 6. The maximum absolute atomic E-state index is 10.4. The van der Waals surface area contributed by atoms with Gasteiger partial charge in [0.05, 0.1) is 0 Å². The maximum Gasteiger partial charge on any atom is 0.216 e. The fraction of sp³-hybridized carbons (Fsp3) is 0.667. The molecule has 2 amide bonds. The minimum Gasteiger partial charge on any atom is -0.506 e. The third kappa shape index (κ3) is 14.2. The Labute approximate surface area is 99.5 Å². The third-order valence-corrected chi connectivity index (χ3v) is 1.45. The van der Waals surface area contributed by atoms with Gasteiger partial charge in [0.2, 0.25) is 5.91 Å². The standard InChI is InChI=1S/C9H17N2O2.W/c1-8(12)10-6-4-3-5-7-11-9(2)13;/h6H,3-5,7H2,1-2H3,(H,10,12)(H,11,13);/q-1;. The summed E-state index contributed by atoms with van der Waals surface area (Å²) in [5.41, 5.74) is 0. The monoisotopic (exact) mass is 369 g/mol. The van der Waals surface area contributed by atoms with Crippen molar-refractivity contribution in [2.24, 2.45) is 0 Å². The summed E-state index contributed by atoms with van der Waals surface area (Å²) in [6.07, 6.45) is 2.76. The molecule has 0 saturated heterocycles. The van der Waals surface area contributed by atoms with Gasteiger partial charge in [-0.1, -0.05) is 6.42 Å². The number of carbonyl (C=O) groups is 2. The molecule has 0 unspecified atom stereocenters. The first-order valence-corrected chi connectivity index (χ1v) is 4.46. The number of carbonyl (C=O) groups excluding carboxylic acids is 2. The van der Waals surface area contributed by atoms with Crippen molar-refractivity contribution in [1.82, 2.24) is 10.6 Å². The van der Waals surface area contributed by atoms with E-state index in [0.717, 1.165) is 19.3 Å². The summed E-state index contributed by atoms with van der Waals surface area (Å²) >= 11 is 0. The Morgan fingerprint density at radius 1 is 1.14 bits per heavy atom. The van der Waals surface area contributed by atoms with Crippen LogP contribution < -0.4 is 10.6 Å². The number of nitrogens with one attached hydrogen (secondary N) is 2. The van der Waals surface area contributed by atoms with E-state index >= 15 is 0 Å². The quantitative estimate of drug-likeness (QED) is 0.532. The molecule has 0 saturated carbocycles. The fourth-order valence-electron chi connectivity index (χ4n) is 0.852. The molecule has 2 N–H and O–H groups in total. The molecule has 0 aromatic heterocycles. The van der Waals surface area contributed by atoms with Crippen LogP contribution in [0.1, 0.15) is 33.1 Å². The number of amides is 2. The molecule has 0 fully saturated rings. The van der Waals surface area contributed by atoms with Crippen LogP contribution >= 0.6 is 0 Å². The van der Waals surface area contributed by atoms with Crippen LogP contribution in [0, 0.1) is 6.54 Å². The molecule has 0 radical (unpaired) electrons. The smallest absolute Gasteiger partial charge is 0.216 e. The minimum atomic E-state index is -0.0399. The van der Waals surface area contributed by atoms with E-state index in [1.807, 2.05) is 0 Å². The van der Waals surface area contributed by atoms with E-state index in [-0.39, 0.29) is 32.9 Å². The SMILES string of the molecule is CC(=O)N[CH-]CCCCNC(C)=O.[W]. The first-order valence-electron chi connectivity index (χ1n) is 4.46. The molecule has 5 heteroatoms. The Hall–Kier alpha value is -0.372. The number of hydrogen-bond acceptors (Lipinski definition) is 2. The van der Waals surface area contributed by atoms with Crippen molar-refractivity contribution in [2.75, 3.05) is 6.54 Å². The van der Waals surface area contributed by atoms with Crippen molar-refractivity contribution in [3.05, 3.63) is 6.54 Å². The van der Waals surface area contributed by atoms with Gasteiger partial charge in [-0.05, 0) is 6.42 Å². The van der Waals surface area contributed by atoms with E-state index in [2.05, 4.69) is 10.6 Å². The zero-order valence-electron chi connectivity index (χ0n) is 8.63. The van der Waals surface area contributed by atoms with Gasteiger partial charge < -0.3 is 10.6 Å². The molecular weight excluding hydrogens is 352 g/mol. The van der Waals surface area contributed by atoms with Crippen LogP contribution in [0.2, 0.25) is 0 Å². The van der Waals surface area contributed by atoms with Crippen LogP contribution in [0.15, 0.2) is 0 Å². The average Bonchev–Trinajstić information content (AvgIpc) is 2.01. The van der Waals surface area contributed by atoms with Crippen molar-refractivity contribution < 1.29 is 30.7 Å². The van der Waals surface area contributed by atoms with E-state index < -0.39 is 0 Å². The Bertz CT molecular complexity index is 156. The van der Waals surface area contributed by atoms with Gasteiger partial charge in [0.25, 0.3) is 0 Å². The van der Waals surface area contributed by atoms with Crippen molar-refractivity contribution >= 4 is 11.8 Å². The number of hydrogen-bond donors (Lipinski definition) is 2. The Balaban J connectivity index is 0. The molecule has 0 spiro atoms. The summed E-state index contributed by atoms with van der Waals surface area (Å²) in [6.45, 7) is 5.44. The zero-order chi connectivity index (χ0) is 10.1. The Kier molecular flexibility index (Phi) is 12.3. The van der Waals surface area contributed by atoms with Gasteiger partial charge in [0.1, 0.15) is 0 Å². The van der Waals surface area contributed by atoms with Gasteiger partial charge >= 0.3 is 0 Å². The minimum absolute atomic E-state index is 0. The molecule has 0 heterocycles. The second-order valence-electron chi connectivity index (χ2n) is 2.88. The van der Waals surface area contributed by atoms with Crippen LogP contribution in [-0.4, -0.2) is 18.4 Å². The summed E-state index contributed by atoms with van der Waals surface area (Å²) in [4.78, 5) is 20.9. The molecular formula is C9H17N2O2W-. The first-order chi connectivity index (χ1) is 6.13. The maximum atomic E-state index is 10.4. The fourth-order valence-corrected chi connectivity index (χ4v) is 0.852. The van der Waals surface area contributed by atoms with E-state index in [0.29, 0.717) is 6.54 Å². The van der Waals surface area contributed by atoms with Crippen LogP contribution in [0.25, 0.3) is 0 Å². The van der Waals surface area contributed by atoms with Gasteiger partial charge in [0.15, 0.2) is 5.91 Å². The summed E-state index contributed by atoms with van der Waals surface area (Å²) in [7, 11) is 0. The second kappa shape index (κ2) is 10.7. The van der Waals surface area contributed by atoms with Gasteiger partial charge in [-0.15, -0.1) is 0 Å². The molecule has 82 valence electrons. The molecule has 0 rings (SSSR count). The predicted octanol–water partition coefficient (Wildman–Crippen LogP) is 0.588. The zero-order valence-corrected chi connectivity index (χ0v) is 11.6. The first kappa shape index (κ1) is 16.1. The molecule has 14 heavy (non-hydrogen) atoms. The molecule has 0 aromatic rings. The summed E-state index contributed by atoms with van der Waals surface area (Å²) in [5, 5.41) is 5.30. The normalized spacial score (nSPS) is 8.71. The molecule has 0 aliphatic carbocycles. The van der Waals surface area contributed by atoms with E-state index in [1.165, 1.54) is 13.8 Å². The van der Waals surface area contributed by atoms with Crippen molar-refractivity contribution in [2.45, 2.75) is 33.1 Å². The van der Waals surface area contributed by atoms with E-state index in [4.69, 9.17) is 0 Å². The average molecular weight is 369 g/mol. The largest absolute Gasteiger partial charge is 0.506 e. The van der Waals surface area contributed by atoms with Crippen LogP contribution in [-0.2, 0) is 30.7 Å². The van der Waals surface area contributed by atoms with E-state index in [1.54, 1.807) is 6.54 Å². The molecule has 0 aliphatic heterocycles. The molecule has 4 nitrogen and oxygen atoms in total. The van der Waals surface area contributed by atoms with Crippen LogP contribution in [0.4, 0.5) is 0 Å². The topological polar surface area (TPSA) is 58.2 Å². The predicted molar refractivity (Wildman–Crippen MR) is 50.7 cm³/mol. The van der Waals surface area contributed by atoms with Gasteiger partial charge in [-0.3, -0.25) is 9.59 Å².